The molecule has 2 aromatic carbocycles. The second-order valence-corrected chi connectivity index (χ2v) is 6.61. The van der Waals surface area contributed by atoms with Gasteiger partial charge in [-0.15, -0.1) is 0 Å². The summed E-state index contributed by atoms with van der Waals surface area (Å²) in [6.45, 7) is 4.71. The Balaban J connectivity index is 1.82. The van der Waals surface area contributed by atoms with E-state index in [1.807, 2.05) is 42.5 Å². The lowest BCUT2D eigenvalue weighted by molar-refractivity contribution is -0.123. The summed E-state index contributed by atoms with van der Waals surface area (Å²) in [6, 6.07) is 13.5. The minimum Gasteiger partial charge on any atom is -0.497 e. The van der Waals surface area contributed by atoms with Crippen LogP contribution < -0.4 is 14.8 Å². The van der Waals surface area contributed by atoms with Crippen LogP contribution in [-0.2, 0) is 11.3 Å². The molecule has 5 heteroatoms. The molecule has 128 valence electrons. The molecule has 0 heterocycles. The van der Waals surface area contributed by atoms with Gasteiger partial charge < -0.3 is 14.8 Å². The molecule has 0 fully saturated rings. The minimum absolute atomic E-state index is 0.0181. The fraction of sp³-hybridized carbons (Fsp3) is 0.316. The second kappa shape index (κ2) is 8.73. The molecule has 2 aromatic rings. The van der Waals surface area contributed by atoms with Crippen molar-refractivity contribution in [1.29, 1.82) is 0 Å². The summed E-state index contributed by atoms with van der Waals surface area (Å²) in [5, 5.41) is 2.84. The molecular formula is C19H22BrNO3. The number of halogens is 1. The van der Waals surface area contributed by atoms with Gasteiger partial charge >= 0.3 is 0 Å². The van der Waals surface area contributed by atoms with Crippen LogP contribution in [0.3, 0.4) is 0 Å². The SMILES string of the molecule is COc1ccc(CNC(=O)COc2ccc(C(C)C)cc2Br)cc1. The van der Waals surface area contributed by atoms with Gasteiger partial charge in [0.25, 0.3) is 5.91 Å². The Labute approximate surface area is 151 Å². The minimum atomic E-state index is -0.161. The third kappa shape index (κ3) is 5.27. The number of methoxy groups -OCH3 is 1. The second-order valence-electron chi connectivity index (χ2n) is 5.76. The lowest BCUT2D eigenvalue weighted by Gasteiger charge is -2.11. The van der Waals surface area contributed by atoms with Crippen molar-refractivity contribution in [2.24, 2.45) is 0 Å². The van der Waals surface area contributed by atoms with Crippen LogP contribution in [0.1, 0.15) is 30.9 Å². The van der Waals surface area contributed by atoms with E-state index in [1.54, 1.807) is 7.11 Å². The average molecular weight is 392 g/mol. The van der Waals surface area contributed by atoms with Crippen LogP contribution in [-0.4, -0.2) is 19.6 Å². The Hall–Kier alpha value is -2.01. The maximum Gasteiger partial charge on any atom is 0.258 e. The molecule has 24 heavy (non-hydrogen) atoms. The van der Waals surface area contributed by atoms with Crippen molar-refractivity contribution >= 4 is 21.8 Å². The van der Waals surface area contributed by atoms with Crippen molar-refractivity contribution in [2.75, 3.05) is 13.7 Å². The van der Waals surface area contributed by atoms with Gasteiger partial charge in [0.05, 0.1) is 11.6 Å². The number of hydrogen-bond donors (Lipinski definition) is 1. The number of amides is 1. The summed E-state index contributed by atoms with van der Waals surface area (Å²) >= 11 is 3.49. The summed E-state index contributed by atoms with van der Waals surface area (Å²) in [7, 11) is 1.62. The van der Waals surface area contributed by atoms with Gasteiger partial charge in [-0.2, -0.15) is 0 Å². The van der Waals surface area contributed by atoms with Crippen molar-refractivity contribution in [1.82, 2.24) is 5.32 Å². The van der Waals surface area contributed by atoms with Crippen molar-refractivity contribution in [3.8, 4) is 11.5 Å². The monoisotopic (exact) mass is 391 g/mol. The average Bonchev–Trinajstić information content (AvgIpc) is 2.59. The molecule has 0 saturated carbocycles. The Morgan fingerprint density at radius 3 is 2.46 bits per heavy atom. The number of carbonyl (C=O) groups is 1. The van der Waals surface area contributed by atoms with Crippen molar-refractivity contribution in [3.05, 3.63) is 58.1 Å². The van der Waals surface area contributed by atoms with Crippen molar-refractivity contribution in [3.63, 3.8) is 0 Å². The zero-order chi connectivity index (χ0) is 17.5. The first-order valence-electron chi connectivity index (χ1n) is 7.81. The van der Waals surface area contributed by atoms with E-state index in [9.17, 15) is 4.79 Å². The Morgan fingerprint density at radius 2 is 1.88 bits per heavy atom. The zero-order valence-electron chi connectivity index (χ0n) is 14.1. The largest absolute Gasteiger partial charge is 0.497 e. The van der Waals surface area contributed by atoms with Crippen LogP contribution in [0.5, 0.6) is 11.5 Å². The Morgan fingerprint density at radius 1 is 1.17 bits per heavy atom. The molecule has 0 radical (unpaired) electrons. The first kappa shape index (κ1) is 18.3. The Bertz CT molecular complexity index is 684. The van der Waals surface area contributed by atoms with Gasteiger partial charge in [-0.1, -0.05) is 32.0 Å². The number of carbonyl (C=O) groups excluding carboxylic acids is 1. The smallest absolute Gasteiger partial charge is 0.258 e. The van der Waals surface area contributed by atoms with E-state index in [4.69, 9.17) is 9.47 Å². The fourth-order valence-electron chi connectivity index (χ4n) is 2.13. The maximum atomic E-state index is 11.9. The molecule has 4 nitrogen and oxygen atoms in total. The topological polar surface area (TPSA) is 47.6 Å². The highest BCUT2D eigenvalue weighted by molar-refractivity contribution is 9.10. The van der Waals surface area contributed by atoms with Crippen LogP contribution in [0.25, 0.3) is 0 Å². The highest BCUT2D eigenvalue weighted by Gasteiger charge is 2.08. The molecular weight excluding hydrogens is 370 g/mol. The van der Waals surface area contributed by atoms with Crippen LogP contribution in [0.4, 0.5) is 0 Å². The molecule has 0 aromatic heterocycles. The molecule has 0 unspecified atom stereocenters. The number of nitrogens with one attached hydrogen (secondary N) is 1. The third-order valence-corrected chi connectivity index (χ3v) is 4.25. The Kier molecular flexibility index (Phi) is 6.67. The highest BCUT2D eigenvalue weighted by Crippen LogP contribution is 2.28. The zero-order valence-corrected chi connectivity index (χ0v) is 15.7. The molecule has 0 aliphatic heterocycles. The standard InChI is InChI=1S/C19H22BrNO3/c1-13(2)15-6-9-18(17(20)10-15)24-12-19(22)21-11-14-4-7-16(23-3)8-5-14/h4-10,13H,11-12H2,1-3H3,(H,21,22). The number of benzene rings is 2. The molecule has 0 aliphatic rings. The van der Waals surface area contributed by atoms with Crippen LogP contribution in [0.2, 0.25) is 0 Å². The van der Waals surface area contributed by atoms with E-state index in [1.165, 1.54) is 5.56 Å². The van der Waals surface area contributed by atoms with Gasteiger partial charge in [0.2, 0.25) is 0 Å². The van der Waals surface area contributed by atoms with E-state index in [2.05, 4.69) is 35.1 Å². The fourth-order valence-corrected chi connectivity index (χ4v) is 2.64. The number of hydrogen-bond acceptors (Lipinski definition) is 3. The highest BCUT2D eigenvalue weighted by atomic mass is 79.9. The molecule has 1 N–H and O–H groups in total. The normalized spacial score (nSPS) is 10.5. The summed E-state index contributed by atoms with van der Waals surface area (Å²) < 4.78 is 11.5. The lowest BCUT2D eigenvalue weighted by Crippen LogP contribution is -2.28. The van der Waals surface area contributed by atoms with Gasteiger partial charge in [-0.3, -0.25) is 4.79 Å². The van der Waals surface area contributed by atoms with Gasteiger partial charge in [0.1, 0.15) is 11.5 Å². The quantitative estimate of drug-likeness (QED) is 0.765. The van der Waals surface area contributed by atoms with Crippen molar-refractivity contribution in [2.45, 2.75) is 26.3 Å². The van der Waals surface area contributed by atoms with Gasteiger partial charge in [-0.05, 0) is 57.2 Å². The molecule has 0 saturated heterocycles. The molecule has 2 rings (SSSR count). The number of ether oxygens (including phenoxy) is 2. The third-order valence-electron chi connectivity index (χ3n) is 3.63. The van der Waals surface area contributed by atoms with E-state index in [-0.39, 0.29) is 12.5 Å². The predicted molar refractivity (Wildman–Crippen MR) is 98.6 cm³/mol. The summed E-state index contributed by atoms with van der Waals surface area (Å²) in [5.41, 5.74) is 2.23. The lowest BCUT2D eigenvalue weighted by atomic mass is 10.0. The summed E-state index contributed by atoms with van der Waals surface area (Å²) in [6.07, 6.45) is 0. The predicted octanol–water partition coefficient (Wildman–Crippen LogP) is 4.28. The summed E-state index contributed by atoms with van der Waals surface area (Å²) in [5.74, 6) is 1.75. The van der Waals surface area contributed by atoms with Gasteiger partial charge in [0.15, 0.2) is 6.61 Å². The van der Waals surface area contributed by atoms with Crippen LogP contribution in [0.15, 0.2) is 46.9 Å². The van der Waals surface area contributed by atoms with E-state index < -0.39 is 0 Å². The maximum absolute atomic E-state index is 11.9. The van der Waals surface area contributed by atoms with Crippen LogP contribution >= 0.6 is 15.9 Å². The van der Waals surface area contributed by atoms with Crippen molar-refractivity contribution < 1.29 is 14.3 Å². The summed E-state index contributed by atoms with van der Waals surface area (Å²) in [4.78, 5) is 11.9. The van der Waals surface area contributed by atoms with Gasteiger partial charge in [-0.25, -0.2) is 0 Å². The van der Waals surface area contributed by atoms with E-state index >= 15 is 0 Å². The first-order valence-corrected chi connectivity index (χ1v) is 8.60. The molecule has 0 aliphatic carbocycles. The molecule has 0 bridgehead atoms. The van der Waals surface area contributed by atoms with E-state index in [0.717, 1.165) is 15.8 Å². The number of rotatable bonds is 7. The van der Waals surface area contributed by atoms with E-state index in [0.29, 0.717) is 18.2 Å². The van der Waals surface area contributed by atoms with Crippen LogP contribution in [0, 0.1) is 0 Å². The molecule has 0 atom stereocenters. The van der Waals surface area contributed by atoms with Gasteiger partial charge in [0, 0.05) is 6.54 Å². The molecule has 1 amide bonds. The molecule has 0 spiro atoms. The first-order chi connectivity index (χ1) is 11.5.